The molecule has 1 nitrogen and oxygen atoms in total. The molecule has 0 saturated carbocycles. The Labute approximate surface area is 86.0 Å². The Bertz CT molecular complexity index is 284. The molecule has 1 aromatic carbocycles. The normalized spacial score (nSPS) is 15.4. The van der Waals surface area contributed by atoms with Crippen molar-refractivity contribution in [3.8, 4) is 0 Å². The number of rotatable bonds is 3. The molecule has 1 unspecified atom stereocenters. The molecule has 0 spiro atoms. The molecular formula is C10H12BrFO. The van der Waals surface area contributed by atoms with Gasteiger partial charge in [0.2, 0.25) is 0 Å². The van der Waals surface area contributed by atoms with E-state index in [0.717, 1.165) is 0 Å². The van der Waals surface area contributed by atoms with Crippen LogP contribution in [-0.2, 0) is 10.3 Å². The van der Waals surface area contributed by atoms with Crippen LogP contribution in [0.2, 0.25) is 0 Å². The van der Waals surface area contributed by atoms with Crippen molar-refractivity contribution in [2.75, 3.05) is 12.4 Å². The van der Waals surface area contributed by atoms with E-state index in [1.165, 1.54) is 6.07 Å². The fraction of sp³-hybridized carbons (Fsp3) is 0.400. The summed E-state index contributed by atoms with van der Waals surface area (Å²) >= 11 is 3.31. The highest BCUT2D eigenvalue weighted by atomic mass is 79.9. The van der Waals surface area contributed by atoms with Gasteiger partial charge >= 0.3 is 0 Å². The number of ether oxygens (including phenoxy) is 1. The van der Waals surface area contributed by atoms with Gasteiger partial charge in [0.25, 0.3) is 0 Å². The second kappa shape index (κ2) is 4.20. The zero-order valence-corrected chi connectivity index (χ0v) is 9.27. The zero-order valence-electron chi connectivity index (χ0n) is 7.68. The largest absolute Gasteiger partial charge is 0.373 e. The molecule has 3 heteroatoms. The second-order valence-electron chi connectivity index (χ2n) is 3.05. The molecule has 0 aliphatic heterocycles. The summed E-state index contributed by atoms with van der Waals surface area (Å²) in [6.07, 6.45) is 0. The minimum atomic E-state index is -0.592. The zero-order chi connectivity index (χ0) is 9.90. The third-order valence-electron chi connectivity index (χ3n) is 2.15. The molecule has 1 rings (SSSR count). The molecule has 0 heterocycles. The van der Waals surface area contributed by atoms with Gasteiger partial charge in [0.15, 0.2) is 0 Å². The topological polar surface area (TPSA) is 9.23 Å². The molecule has 0 aromatic heterocycles. The Kier molecular flexibility index (Phi) is 3.45. The van der Waals surface area contributed by atoms with E-state index in [9.17, 15) is 4.39 Å². The van der Waals surface area contributed by atoms with Crippen LogP contribution in [0.3, 0.4) is 0 Å². The van der Waals surface area contributed by atoms with Gasteiger partial charge in [0, 0.05) is 18.0 Å². The summed E-state index contributed by atoms with van der Waals surface area (Å²) in [6.45, 7) is 1.85. The Morgan fingerprint density at radius 1 is 1.46 bits per heavy atom. The van der Waals surface area contributed by atoms with Gasteiger partial charge in [0.1, 0.15) is 11.4 Å². The monoisotopic (exact) mass is 246 g/mol. The van der Waals surface area contributed by atoms with Gasteiger partial charge < -0.3 is 4.74 Å². The summed E-state index contributed by atoms with van der Waals surface area (Å²) in [7, 11) is 1.58. The van der Waals surface area contributed by atoms with E-state index < -0.39 is 5.60 Å². The minimum absolute atomic E-state index is 0.230. The fourth-order valence-corrected chi connectivity index (χ4v) is 1.66. The Morgan fingerprint density at radius 2 is 2.08 bits per heavy atom. The number of halogens is 2. The summed E-state index contributed by atoms with van der Waals surface area (Å²) < 4.78 is 18.6. The first-order valence-electron chi connectivity index (χ1n) is 4.00. The van der Waals surface area contributed by atoms with Crippen molar-refractivity contribution in [2.45, 2.75) is 12.5 Å². The first kappa shape index (κ1) is 10.7. The Hall–Kier alpha value is -0.410. The van der Waals surface area contributed by atoms with Crippen LogP contribution in [0.5, 0.6) is 0 Å². The quantitative estimate of drug-likeness (QED) is 0.746. The van der Waals surface area contributed by atoms with Crippen molar-refractivity contribution in [1.29, 1.82) is 0 Å². The fourth-order valence-electron chi connectivity index (χ4n) is 1.13. The number of alkyl halides is 1. The van der Waals surface area contributed by atoms with Gasteiger partial charge in [0.05, 0.1) is 0 Å². The summed E-state index contributed by atoms with van der Waals surface area (Å²) in [5, 5.41) is 0.567. The lowest BCUT2D eigenvalue weighted by Gasteiger charge is -2.26. The molecule has 0 saturated heterocycles. The van der Waals surface area contributed by atoms with Crippen LogP contribution in [0.15, 0.2) is 24.3 Å². The van der Waals surface area contributed by atoms with Gasteiger partial charge in [-0.05, 0) is 13.0 Å². The maximum atomic E-state index is 13.4. The summed E-state index contributed by atoms with van der Waals surface area (Å²) in [6, 6.07) is 6.65. The molecule has 0 bridgehead atoms. The minimum Gasteiger partial charge on any atom is -0.373 e. The average molecular weight is 247 g/mol. The van der Waals surface area contributed by atoms with Crippen LogP contribution in [-0.4, -0.2) is 12.4 Å². The lowest BCUT2D eigenvalue weighted by molar-refractivity contribution is 0.0218. The van der Waals surface area contributed by atoms with Crippen LogP contribution >= 0.6 is 15.9 Å². The van der Waals surface area contributed by atoms with E-state index in [0.29, 0.717) is 10.9 Å². The molecule has 0 fully saturated rings. The number of benzene rings is 1. The average Bonchev–Trinajstić information content (AvgIpc) is 2.17. The van der Waals surface area contributed by atoms with Crippen molar-refractivity contribution in [3.63, 3.8) is 0 Å². The second-order valence-corrected chi connectivity index (χ2v) is 3.61. The van der Waals surface area contributed by atoms with Crippen LogP contribution in [0.4, 0.5) is 4.39 Å². The van der Waals surface area contributed by atoms with Crippen molar-refractivity contribution in [1.82, 2.24) is 0 Å². The highest BCUT2D eigenvalue weighted by Gasteiger charge is 2.27. The van der Waals surface area contributed by atoms with Gasteiger partial charge in [-0.2, -0.15) is 0 Å². The molecule has 0 amide bonds. The van der Waals surface area contributed by atoms with Crippen LogP contribution in [0.25, 0.3) is 0 Å². The number of methoxy groups -OCH3 is 1. The molecule has 1 aromatic rings. The van der Waals surface area contributed by atoms with Crippen LogP contribution in [0.1, 0.15) is 12.5 Å². The van der Waals surface area contributed by atoms with Gasteiger partial charge in [-0.15, -0.1) is 0 Å². The van der Waals surface area contributed by atoms with Crippen LogP contribution in [0, 0.1) is 5.82 Å². The van der Waals surface area contributed by atoms with E-state index in [4.69, 9.17) is 4.74 Å². The third-order valence-corrected chi connectivity index (χ3v) is 3.22. The predicted octanol–water partition coefficient (Wildman–Crippen LogP) is 3.08. The third kappa shape index (κ3) is 2.09. The predicted molar refractivity (Wildman–Crippen MR) is 54.6 cm³/mol. The molecule has 72 valence electrons. The van der Waals surface area contributed by atoms with Crippen LogP contribution < -0.4 is 0 Å². The highest BCUT2D eigenvalue weighted by Crippen LogP contribution is 2.28. The lowest BCUT2D eigenvalue weighted by atomic mass is 9.97. The Morgan fingerprint density at radius 3 is 2.54 bits per heavy atom. The molecule has 1 atom stereocenters. The molecule has 0 aliphatic carbocycles. The number of hydrogen-bond acceptors (Lipinski definition) is 1. The van der Waals surface area contributed by atoms with E-state index in [1.807, 2.05) is 6.92 Å². The molecule has 13 heavy (non-hydrogen) atoms. The maximum absolute atomic E-state index is 13.4. The molecule has 0 radical (unpaired) electrons. The molecule has 0 aliphatic rings. The Balaban J connectivity index is 3.12. The van der Waals surface area contributed by atoms with E-state index in [2.05, 4.69) is 15.9 Å². The van der Waals surface area contributed by atoms with Crippen molar-refractivity contribution >= 4 is 15.9 Å². The molecule has 0 N–H and O–H groups in total. The maximum Gasteiger partial charge on any atom is 0.129 e. The van der Waals surface area contributed by atoms with Gasteiger partial charge in [-0.1, -0.05) is 34.1 Å². The first-order chi connectivity index (χ1) is 6.14. The molecular weight excluding hydrogens is 235 g/mol. The number of hydrogen-bond donors (Lipinski definition) is 0. The lowest BCUT2D eigenvalue weighted by Crippen LogP contribution is -2.27. The SMILES string of the molecule is COC(C)(CBr)c1ccccc1F. The summed E-state index contributed by atoms with van der Waals surface area (Å²) in [5.41, 5.74) is -0.0138. The standard InChI is InChI=1S/C10H12BrFO/c1-10(7-11,13-2)8-5-3-4-6-9(8)12/h3-6H,7H2,1-2H3. The van der Waals surface area contributed by atoms with Gasteiger partial charge in [-0.25, -0.2) is 4.39 Å². The summed E-state index contributed by atoms with van der Waals surface area (Å²) in [4.78, 5) is 0. The smallest absolute Gasteiger partial charge is 0.129 e. The highest BCUT2D eigenvalue weighted by molar-refractivity contribution is 9.09. The van der Waals surface area contributed by atoms with Crippen molar-refractivity contribution in [2.24, 2.45) is 0 Å². The van der Waals surface area contributed by atoms with Crippen molar-refractivity contribution in [3.05, 3.63) is 35.6 Å². The van der Waals surface area contributed by atoms with Crippen molar-refractivity contribution < 1.29 is 9.13 Å². The van der Waals surface area contributed by atoms with E-state index >= 15 is 0 Å². The van der Waals surface area contributed by atoms with Gasteiger partial charge in [-0.3, -0.25) is 0 Å². The summed E-state index contributed by atoms with van der Waals surface area (Å²) in [5.74, 6) is -0.230. The first-order valence-corrected chi connectivity index (χ1v) is 5.12. The van der Waals surface area contributed by atoms with E-state index in [1.54, 1.807) is 25.3 Å². The van der Waals surface area contributed by atoms with E-state index in [-0.39, 0.29) is 5.82 Å².